The Morgan fingerprint density at radius 2 is 1.82 bits per heavy atom. The van der Waals surface area contributed by atoms with E-state index in [0.717, 1.165) is 23.4 Å². The van der Waals surface area contributed by atoms with Crippen molar-refractivity contribution >= 4 is 5.91 Å². The first-order valence-electron chi connectivity index (χ1n) is 8.53. The highest BCUT2D eigenvalue weighted by molar-refractivity contribution is 5.78. The van der Waals surface area contributed by atoms with Gasteiger partial charge in [-0.3, -0.25) is 4.79 Å². The molecule has 1 heterocycles. The highest BCUT2D eigenvalue weighted by Crippen LogP contribution is 2.21. The molecule has 0 fully saturated rings. The van der Waals surface area contributed by atoms with E-state index in [1.54, 1.807) is 29.9 Å². The third kappa shape index (κ3) is 4.33. The number of hydrogen-bond donors (Lipinski definition) is 1. The highest BCUT2D eigenvalue weighted by atomic mass is 19.1. The van der Waals surface area contributed by atoms with Crippen molar-refractivity contribution in [2.45, 2.75) is 19.9 Å². The first-order chi connectivity index (χ1) is 13.3. The van der Waals surface area contributed by atoms with Crippen molar-refractivity contribution in [3.8, 4) is 11.4 Å². The van der Waals surface area contributed by atoms with Gasteiger partial charge in [-0.05, 0) is 50.2 Å². The summed E-state index contributed by atoms with van der Waals surface area (Å²) < 4.78 is 46.3. The third-order valence-electron chi connectivity index (χ3n) is 4.22. The van der Waals surface area contributed by atoms with Gasteiger partial charge in [-0.25, -0.2) is 17.9 Å². The molecule has 146 valence electrons. The predicted octanol–water partition coefficient (Wildman–Crippen LogP) is 3.85. The van der Waals surface area contributed by atoms with Crippen molar-refractivity contribution in [2.75, 3.05) is 6.61 Å². The molecule has 0 aliphatic heterocycles. The van der Waals surface area contributed by atoms with Crippen molar-refractivity contribution < 1.29 is 22.7 Å². The highest BCUT2D eigenvalue weighted by Gasteiger charge is 2.17. The number of carbonyl (C=O) groups is 1. The summed E-state index contributed by atoms with van der Waals surface area (Å²) in [5.74, 6) is -2.62. The Bertz CT molecular complexity index is 987. The van der Waals surface area contributed by atoms with Crippen LogP contribution in [0.3, 0.4) is 0 Å². The van der Waals surface area contributed by atoms with Gasteiger partial charge in [-0.1, -0.05) is 0 Å². The lowest BCUT2D eigenvalue weighted by molar-refractivity contribution is -0.123. The molecule has 28 heavy (non-hydrogen) atoms. The Morgan fingerprint density at radius 3 is 2.50 bits per heavy atom. The molecule has 1 amide bonds. The van der Waals surface area contributed by atoms with Crippen LogP contribution in [0, 0.1) is 24.4 Å². The second-order valence-electron chi connectivity index (χ2n) is 6.23. The summed E-state index contributed by atoms with van der Waals surface area (Å²) in [7, 11) is 0. The number of amides is 1. The van der Waals surface area contributed by atoms with Crippen LogP contribution >= 0.6 is 0 Å². The van der Waals surface area contributed by atoms with E-state index in [2.05, 4.69) is 10.4 Å². The maximum atomic E-state index is 13.5. The van der Waals surface area contributed by atoms with E-state index in [0.29, 0.717) is 11.8 Å². The van der Waals surface area contributed by atoms with E-state index in [4.69, 9.17) is 4.74 Å². The smallest absolute Gasteiger partial charge is 0.258 e. The quantitative estimate of drug-likeness (QED) is 0.697. The van der Waals surface area contributed by atoms with E-state index in [1.807, 2.05) is 6.92 Å². The zero-order valence-corrected chi connectivity index (χ0v) is 15.2. The molecule has 3 rings (SSSR count). The minimum absolute atomic E-state index is 0.204. The van der Waals surface area contributed by atoms with Gasteiger partial charge in [0.05, 0.1) is 17.9 Å². The van der Waals surface area contributed by atoms with Crippen molar-refractivity contribution in [3.05, 3.63) is 77.4 Å². The number of ether oxygens (including phenoxy) is 1. The number of nitrogens with one attached hydrogen (secondary N) is 1. The maximum Gasteiger partial charge on any atom is 0.258 e. The SMILES string of the molecule is Cc1c(C(C)NC(=O)COc2ccc(F)cc2F)cnn1-c1ccc(F)cc1. The van der Waals surface area contributed by atoms with Crippen molar-refractivity contribution in [3.63, 3.8) is 0 Å². The van der Waals surface area contributed by atoms with Crippen LogP contribution in [-0.2, 0) is 4.79 Å². The lowest BCUT2D eigenvalue weighted by atomic mass is 10.1. The molecule has 3 aromatic rings. The Kier molecular flexibility index (Phi) is 5.67. The molecule has 0 aliphatic carbocycles. The molecule has 0 saturated heterocycles. The fraction of sp³-hybridized carbons (Fsp3) is 0.200. The van der Waals surface area contributed by atoms with Gasteiger partial charge in [-0.15, -0.1) is 0 Å². The molecule has 1 aromatic heterocycles. The van der Waals surface area contributed by atoms with Gasteiger partial charge in [-0.2, -0.15) is 5.10 Å². The van der Waals surface area contributed by atoms with Gasteiger partial charge in [0.2, 0.25) is 0 Å². The Morgan fingerprint density at radius 1 is 1.14 bits per heavy atom. The Labute approximate surface area is 159 Å². The molecule has 0 saturated carbocycles. The van der Waals surface area contributed by atoms with Crippen LogP contribution in [0.25, 0.3) is 5.69 Å². The topological polar surface area (TPSA) is 56.1 Å². The van der Waals surface area contributed by atoms with Crippen LogP contribution in [0.15, 0.2) is 48.7 Å². The van der Waals surface area contributed by atoms with Gasteiger partial charge in [0.1, 0.15) is 11.6 Å². The molecule has 1 atom stereocenters. The molecular weight excluding hydrogens is 371 g/mol. The summed E-state index contributed by atoms with van der Waals surface area (Å²) in [6, 6.07) is 8.36. The minimum atomic E-state index is -0.878. The zero-order valence-electron chi connectivity index (χ0n) is 15.2. The largest absolute Gasteiger partial charge is 0.481 e. The monoisotopic (exact) mass is 389 g/mol. The molecule has 0 bridgehead atoms. The number of carbonyl (C=O) groups excluding carboxylic acids is 1. The average molecular weight is 389 g/mol. The van der Waals surface area contributed by atoms with Crippen molar-refractivity contribution in [1.29, 1.82) is 0 Å². The third-order valence-corrected chi connectivity index (χ3v) is 4.22. The lowest BCUT2D eigenvalue weighted by Gasteiger charge is -2.15. The van der Waals surface area contributed by atoms with Gasteiger partial charge >= 0.3 is 0 Å². The summed E-state index contributed by atoms with van der Waals surface area (Å²) in [4.78, 5) is 12.1. The van der Waals surface area contributed by atoms with E-state index in [9.17, 15) is 18.0 Å². The molecular formula is C20H18F3N3O2. The first-order valence-corrected chi connectivity index (χ1v) is 8.53. The van der Waals surface area contributed by atoms with E-state index < -0.39 is 24.1 Å². The summed E-state index contributed by atoms with van der Waals surface area (Å²) in [5.41, 5.74) is 2.24. The Hall–Kier alpha value is -3.29. The van der Waals surface area contributed by atoms with Crippen molar-refractivity contribution in [2.24, 2.45) is 0 Å². The zero-order chi connectivity index (χ0) is 20.3. The number of halogens is 3. The van der Waals surface area contributed by atoms with Crippen LogP contribution in [0.1, 0.15) is 24.2 Å². The summed E-state index contributed by atoms with van der Waals surface area (Å²) in [6.07, 6.45) is 1.62. The number of aromatic nitrogens is 2. The fourth-order valence-electron chi connectivity index (χ4n) is 2.79. The van der Waals surface area contributed by atoms with E-state index in [-0.39, 0.29) is 17.6 Å². The summed E-state index contributed by atoms with van der Waals surface area (Å²) in [6.45, 7) is 3.19. The second kappa shape index (κ2) is 8.16. The van der Waals surface area contributed by atoms with Crippen LogP contribution < -0.4 is 10.1 Å². The fourth-order valence-corrected chi connectivity index (χ4v) is 2.79. The lowest BCUT2D eigenvalue weighted by Crippen LogP contribution is -2.31. The number of nitrogens with zero attached hydrogens (tertiary/aromatic N) is 2. The molecule has 0 spiro atoms. The molecule has 2 aromatic carbocycles. The molecule has 0 radical (unpaired) electrons. The van der Waals surface area contributed by atoms with Gasteiger partial charge < -0.3 is 10.1 Å². The average Bonchev–Trinajstić information content (AvgIpc) is 3.03. The van der Waals surface area contributed by atoms with Gasteiger partial charge in [0, 0.05) is 17.3 Å². The van der Waals surface area contributed by atoms with Crippen LogP contribution in [0.2, 0.25) is 0 Å². The van der Waals surface area contributed by atoms with Crippen molar-refractivity contribution in [1.82, 2.24) is 15.1 Å². The van der Waals surface area contributed by atoms with Gasteiger partial charge in [0.15, 0.2) is 18.2 Å². The summed E-state index contributed by atoms with van der Waals surface area (Å²) >= 11 is 0. The molecule has 8 heteroatoms. The van der Waals surface area contributed by atoms with E-state index in [1.165, 1.54) is 12.1 Å². The van der Waals surface area contributed by atoms with Gasteiger partial charge in [0.25, 0.3) is 5.91 Å². The standard InChI is InChI=1S/C20H18F3N3O2/c1-12(25-20(27)11-28-19-8-5-15(22)9-18(19)23)17-10-24-26(13(17)2)16-6-3-14(21)4-7-16/h3-10,12H,11H2,1-2H3,(H,25,27). The first kappa shape index (κ1) is 19.5. The van der Waals surface area contributed by atoms with E-state index >= 15 is 0 Å². The Balaban J connectivity index is 1.63. The predicted molar refractivity (Wildman–Crippen MR) is 96.7 cm³/mol. The molecule has 1 unspecified atom stereocenters. The number of rotatable bonds is 6. The molecule has 0 aliphatic rings. The number of hydrogen-bond acceptors (Lipinski definition) is 3. The van der Waals surface area contributed by atoms with Crippen LogP contribution in [0.4, 0.5) is 13.2 Å². The molecule has 1 N–H and O–H groups in total. The van der Waals surface area contributed by atoms with Crippen LogP contribution in [0.5, 0.6) is 5.75 Å². The second-order valence-corrected chi connectivity index (χ2v) is 6.23. The minimum Gasteiger partial charge on any atom is -0.481 e. The molecule has 5 nitrogen and oxygen atoms in total. The number of benzene rings is 2. The summed E-state index contributed by atoms with van der Waals surface area (Å²) in [5, 5.41) is 7.02. The maximum absolute atomic E-state index is 13.5. The normalized spacial score (nSPS) is 11.9. The van der Waals surface area contributed by atoms with Crippen LogP contribution in [-0.4, -0.2) is 22.3 Å².